The van der Waals surface area contributed by atoms with Crippen LogP contribution in [0.2, 0.25) is 0 Å². The number of ether oxygens (including phenoxy) is 1. The average Bonchev–Trinajstić information content (AvgIpc) is 3.44. The third-order valence-corrected chi connectivity index (χ3v) is 7.55. The summed E-state index contributed by atoms with van der Waals surface area (Å²) in [6.07, 6.45) is 3.73. The first-order chi connectivity index (χ1) is 16.5. The van der Waals surface area contributed by atoms with Gasteiger partial charge in [-0.25, -0.2) is 9.59 Å². The number of hydrogen-bond acceptors (Lipinski definition) is 4. The smallest absolute Gasteiger partial charge is 0.407 e. The first-order valence-corrected chi connectivity index (χ1v) is 12.2. The Hall–Kier alpha value is -3.35. The molecule has 34 heavy (non-hydrogen) atoms. The zero-order chi connectivity index (χ0) is 23.7. The van der Waals surface area contributed by atoms with Gasteiger partial charge >= 0.3 is 12.1 Å². The molecule has 2 aliphatic carbocycles. The second-order valence-corrected chi connectivity index (χ2v) is 9.50. The van der Waals surface area contributed by atoms with Crippen LogP contribution in [-0.4, -0.2) is 53.2 Å². The summed E-state index contributed by atoms with van der Waals surface area (Å²) >= 11 is 0. The van der Waals surface area contributed by atoms with Gasteiger partial charge < -0.3 is 20.1 Å². The molecule has 0 unspecified atom stereocenters. The Labute approximate surface area is 199 Å². The Morgan fingerprint density at radius 2 is 1.59 bits per heavy atom. The van der Waals surface area contributed by atoms with E-state index in [1.54, 1.807) is 0 Å². The van der Waals surface area contributed by atoms with Gasteiger partial charge in [0.05, 0.1) is 5.92 Å². The van der Waals surface area contributed by atoms with E-state index in [9.17, 15) is 19.5 Å². The van der Waals surface area contributed by atoms with E-state index in [1.807, 2.05) is 24.3 Å². The minimum Gasteiger partial charge on any atom is -0.480 e. The zero-order valence-electron chi connectivity index (χ0n) is 19.1. The Balaban J connectivity index is 1.23. The maximum absolute atomic E-state index is 13.2. The molecule has 0 aromatic heterocycles. The van der Waals surface area contributed by atoms with Crippen LogP contribution in [0.15, 0.2) is 48.5 Å². The predicted octanol–water partition coefficient (Wildman–Crippen LogP) is 4.16. The summed E-state index contributed by atoms with van der Waals surface area (Å²) in [7, 11) is 0. The van der Waals surface area contributed by atoms with E-state index >= 15 is 0 Å². The Bertz CT molecular complexity index is 1050. The normalized spacial score (nSPS) is 23.8. The molecule has 7 heteroatoms. The molecule has 1 heterocycles. The van der Waals surface area contributed by atoms with Crippen molar-refractivity contribution in [2.24, 2.45) is 5.92 Å². The molecule has 2 aromatic carbocycles. The summed E-state index contributed by atoms with van der Waals surface area (Å²) in [4.78, 5) is 39.1. The number of aliphatic carboxylic acids is 1. The number of hydrogen-bond donors (Lipinski definition) is 2. The summed E-state index contributed by atoms with van der Waals surface area (Å²) in [6, 6.07) is 15.3. The zero-order valence-corrected chi connectivity index (χ0v) is 19.1. The van der Waals surface area contributed by atoms with Crippen molar-refractivity contribution in [2.45, 2.75) is 56.5 Å². The number of nitrogens with one attached hydrogen (secondary N) is 1. The molecule has 1 aliphatic heterocycles. The third kappa shape index (κ3) is 4.15. The number of nitrogens with zero attached hydrogens (tertiary/aromatic N) is 1. The minimum absolute atomic E-state index is 0.0242. The molecule has 3 atom stereocenters. The van der Waals surface area contributed by atoms with Gasteiger partial charge in [0.15, 0.2) is 0 Å². The van der Waals surface area contributed by atoms with Crippen LogP contribution in [0, 0.1) is 5.92 Å². The van der Waals surface area contributed by atoms with Gasteiger partial charge in [-0.1, -0.05) is 55.0 Å². The monoisotopic (exact) mass is 462 g/mol. The first kappa shape index (κ1) is 22.4. The van der Waals surface area contributed by atoms with E-state index in [-0.39, 0.29) is 24.5 Å². The molecule has 2 amide bonds. The maximum atomic E-state index is 13.2. The molecule has 0 spiro atoms. The first-order valence-electron chi connectivity index (χ1n) is 12.2. The van der Waals surface area contributed by atoms with Gasteiger partial charge in [-0.05, 0) is 54.4 Å². The summed E-state index contributed by atoms with van der Waals surface area (Å²) in [5, 5.41) is 12.5. The molecule has 0 radical (unpaired) electrons. The lowest BCUT2D eigenvalue weighted by Gasteiger charge is -2.36. The number of carboxylic acid groups (broad SMARTS) is 1. The van der Waals surface area contributed by atoms with Gasteiger partial charge in [0.2, 0.25) is 5.91 Å². The number of rotatable bonds is 5. The van der Waals surface area contributed by atoms with E-state index in [0.29, 0.717) is 25.8 Å². The van der Waals surface area contributed by atoms with Crippen LogP contribution in [0.25, 0.3) is 11.1 Å². The van der Waals surface area contributed by atoms with Crippen molar-refractivity contribution in [2.75, 3.05) is 13.2 Å². The van der Waals surface area contributed by atoms with Crippen molar-refractivity contribution < 1.29 is 24.2 Å². The third-order valence-electron chi connectivity index (χ3n) is 7.55. The summed E-state index contributed by atoms with van der Waals surface area (Å²) in [5.74, 6) is -1.54. The number of carbonyl (C=O) groups excluding carboxylic acids is 2. The molecule has 3 aliphatic rings. The molecule has 7 nitrogen and oxygen atoms in total. The van der Waals surface area contributed by atoms with Crippen LogP contribution in [0.1, 0.15) is 55.6 Å². The minimum atomic E-state index is -0.952. The van der Waals surface area contributed by atoms with E-state index < -0.39 is 24.0 Å². The molecule has 0 bridgehead atoms. The van der Waals surface area contributed by atoms with E-state index in [2.05, 4.69) is 29.6 Å². The lowest BCUT2D eigenvalue weighted by molar-refractivity contribution is -0.154. The quantitative estimate of drug-likeness (QED) is 0.696. The van der Waals surface area contributed by atoms with Crippen molar-refractivity contribution >= 4 is 18.0 Å². The van der Waals surface area contributed by atoms with Gasteiger partial charge in [0, 0.05) is 18.5 Å². The number of piperidine rings is 1. The predicted molar refractivity (Wildman–Crippen MR) is 126 cm³/mol. The van der Waals surface area contributed by atoms with Gasteiger partial charge in [-0.2, -0.15) is 0 Å². The number of carboxylic acids is 1. The molecule has 178 valence electrons. The van der Waals surface area contributed by atoms with Crippen LogP contribution < -0.4 is 5.32 Å². The van der Waals surface area contributed by atoms with Crippen LogP contribution in [-0.2, 0) is 14.3 Å². The summed E-state index contributed by atoms with van der Waals surface area (Å²) < 4.78 is 5.67. The molecule has 2 N–H and O–H groups in total. The second kappa shape index (κ2) is 9.49. The number of alkyl carbamates (subject to hydrolysis) is 1. The summed E-state index contributed by atoms with van der Waals surface area (Å²) in [6.45, 7) is 0.683. The number of carbonyl (C=O) groups is 3. The fourth-order valence-electron chi connectivity index (χ4n) is 5.88. The lowest BCUT2D eigenvalue weighted by atomic mass is 9.96. The van der Waals surface area contributed by atoms with Gasteiger partial charge in [-0.3, -0.25) is 4.79 Å². The lowest BCUT2D eigenvalue weighted by Crippen LogP contribution is -2.53. The van der Waals surface area contributed by atoms with E-state index in [4.69, 9.17) is 4.74 Å². The highest BCUT2D eigenvalue weighted by Gasteiger charge is 2.41. The standard InChI is InChI=1S/C27H30N2O5/c30-25(29-15-6-5-14-24(29)26(31)32)21-12-7-13-23(21)28-27(33)34-16-22-19-10-3-1-8-17(19)18-9-2-4-11-20(18)22/h1-4,8-11,21-24H,5-7,12-16H2,(H,28,33)(H,31,32)/t21-,23+,24-/m1/s1. The average molecular weight is 463 g/mol. The van der Waals surface area contributed by atoms with Gasteiger partial charge in [-0.15, -0.1) is 0 Å². The van der Waals surface area contributed by atoms with Crippen molar-refractivity contribution in [1.29, 1.82) is 0 Å². The van der Waals surface area contributed by atoms with Crippen LogP contribution >= 0.6 is 0 Å². The van der Waals surface area contributed by atoms with E-state index in [1.165, 1.54) is 16.0 Å². The highest BCUT2D eigenvalue weighted by molar-refractivity contribution is 5.86. The maximum Gasteiger partial charge on any atom is 0.407 e. The Morgan fingerprint density at radius 1 is 0.912 bits per heavy atom. The van der Waals surface area contributed by atoms with Crippen molar-refractivity contribution in [3.63, 3.8) is 0 Å². The number of amides is 2. The van der Waals surface area contributed by atoms with Crippen molar-refractivity contribution in [3.05, 3.63) is 59.7 Å². The number of likely N-dealkylation sites (tertiary alicyclic amines) is 1. The van der Waals surface area contributed by atoms with Crippen molar-refractivity contribution in [1.82, 2.24) is 10.2 Å². The molecule has 1 saturated heterocycles. The largest absolute Gasteiger partial charge is 0.480 e. The fraction of sp³-hybridized carbons (Fsp3) is 0.444. The number of benzene rings is 2. The molecular formula is C27H30N2O5. The van der Waals surface area contributed by atoms with Crippen LogP contribution in [0.4, 0.5) is 4.79 Å². The SMILES string of the molecule is O=C(N[C@H]1CCC[C@H]1C(=O)N1CCCC[C@@H]1C(=O)O)OCC1c2ccccc2-c2ccccc21. The molecule has 1 saturated carbocycles. The van der Waals surface area contributed by atoms with E-state index in [0.717, 1.165) is 30.4 Å². The molecule has 2 fully saturated rings. The van der Waals surface area contributed by atoms with Crippen LogP contribution in [0.5, 0.6) is 0 Å². The Kier molecular flexibility index (Phi) is 6.26. The molecular weight excluding hydrogens is 432 g/mol. The number of fused-ring (bicyclic) bond motifs is 3. The topological polar surface area (TPSA) is 95.9 Å². The fourth-order valence-corrected chi connectivity index (χ4v) is 5.88. The van der Waals surface area contributed by atoms with Crippen LogP contribution in [0.3, 0.4) is 0 Å². The second-order valence-electron chi connectivity index (χ2n) is 9.50. The Morgan fingerprint density at radius 3 is 2.26 bits per heavy atom. The highest BCUT2D eigenvalue weighted by atomic mass is 16.5. The van der Waals surface area contributed by atoms with Crippen molar-refractivity contribution in [3.8, 4) is 11.1 Å². The molecule has 2 aromatic rings. The van der Waals surface area contributed by atoms with Gasteiger partial charge in [0.1, 0.15) is 12.6 Å². The highest BCUT2D eigenvalue weighted by Crippen LogP contribution is 2.44. The van der Waals surface area contributed by atoms with Gasteiger partial charge in [0.25, 0.3) is 0 Å². The molecule has 5 rings (SSSR count). The summed E-state index contributed by atoms with van der Waals surface area (Å²) in [5.41, 5.74) is 4.64.